The lowest BCUT2D eigenvalue weighted by Crippen LogP contribution is -2.13. The summed E-state index contributed by atoms with van der Waals surface area (Å²) in [6.07, 6.45) is 1.73. The number of rotatable bonds is 7. The predicted molar refractivity (Wildman–Crippen MR) is 153 cm³/mol. The predicted octanol–water partition coefficient (Wildman–Crippen LogP) is 6.29. The average molecular weight is 569 g/mol. The van der Waals surface area contributed by atoms with Crippen molar-refractivity contribution in [2.24, 2.45) is 0 Å². The highest BCUT2D eigenvalue weighted by Gasteiger charge is 2.13. The molecule has 0 aliphatic heterocycles. The largest absolute Gasteiger partial charge is 0.366 e. The fourth-order valence-corrected chi connectivity index (χ4v) is 4.50. The first-order valence-electron chi connectivity index (χ1n) is 12.0. The lowest BCUT2D eigenvalue weighted by molar-refractivity contribution is -0.114. The Hall–Kier alpha value is -4.50. The number of anilines is 3. The Balaban J connectivity index is 1.35. The Bertz CT molecular complexity index is 1660. The Kier molecular flexibility index (Phi) is 7.19. The van der Waals surface area contributed by atoms with E-state index in [2.05, 4.69) is 56.0 Å². The summed E-state index contributed by atoms with van der Waals surface area (Å²) in [6.45, 7) is 4.00. The number of aryl methyl sites for hydroxylation is 1. The van der Waals surface area contributed by atoms with Crippen molar-refractivity contribution in [1.82, 2.24) is 14.6 Å². The van der Waals surface area contributed by atoms with Crippen molar-refractivity contribution in [1.29, 1.82) is 0 Å². The Morgan fingerprint density at radius 3 is 2.47 bits per heavy atom. The fraction of sp³-hybridized carbons (Fsp3) is 0.103. The summed E-state index contributed by atoms with van der Waals surface area (Å²) in [5, 5.41) is 13.6. The molecular weight excluding hydrogens is 544 g/mol. The summed E-state index contributed by atoms with van der Waals surface area (Å²) in [7, 11) is 0. The van der Waals surface area contributed by atoms with Crippen LogP contribution in [-0.2, 0) is 11.3 Å². The number of nitrogens with zero attached hydrogens (tertiary/aromatic N) is 3. The van der Waals surface area contributed by atoms with Crippen molar-refractivity contribution in [3.8, 4) is 11.3 Å². The first-order chi connectivity index (χ1) is 18.4. The minimum Gasteiger partial charge on any atom is -0.366 e. The van der Waals surface area contributed by atoms with Gasteiger partial charge in [0.2, 0.25) is 5.91 Å². The van der Waals surface area contributed by atoms with E-state index in [-0.39, 0.29) is 11.8 Å². The third-order valence-corrected chi connectivity index (χ3v) is 6.51. The third-order valence-electron chi connectivity index (χ3n) is 5.95. The molecule has 0 spiro atoms. The number of amides is 2. The molecule has 8 nitrogen and oxygen atoms in total. The molecule has 0 aliphatic rings. The molecule has 0 aliphatic carbocycles. The second kappa shape index (κ2) is 10.9. The van der Waals surface area contributed by atoms with Gasteiger partial charge in [0.15, 0.2) is 5.65 Å². The molecule has 0 radical (unpaired) electrons. The van der Waals surface area contributed by atoms with Gasteiger partial charge in [0.05, 0.1) is 16.4 Å². The van der Waals surface area contributed by atoms with Crippen LogP contribution in [0.15, 0.2) is 89.5 Å². The number of halogens is 1. The van der Waals surface area contributed by atoms with Crippen LogP contribution in [0.1, 0.15) is 28.4 Å². The van der Waals surface area contributed by atoms with Crippen LogP contribution in [0.2, 0.25) is 0 Å². The van der Waals surface area contributed by atoms with Crippen molar-refractivity contribution in [2.75, 3.05) is 16.0 Å². The van der Waals surface area contributed by atoms with Crippen LogP contribution < -0.4 is 16.0 Å². The van der Waals surface area contributed by atoms with Gasteiger partial charge in [-0.05, 0) is 64.3 Å². The van der Waals surface area contributed by atoms with Gasteiger partial charge >= 0.3 is 0 Å². The lowest BCUT2D eigenvalue weighted by Gasteiger charge is -2.13. The van der Waals surface area contributed by atoms with E-state index < -0.39 is 0 Å². The number of benzene rings is 3. The molecule has 38 heavy (non-hydrogen) atoms. The highest BCUT2D eigenvalue weighted by molar-refractivity contribution is 9.10. The number of hydrogen-bond acceptors (Lipinski definition) is 5. The second-order valence-corrected chi connectivity index (χ2v) is 9.69. The van der Waals surface area contributed by atoms with Crippen molar-refractivity contribution >= 4 is 50.6 Å². The Morgan fingerprint density at radius 1 is 0.921 bits per heavy atom. The Morgan fingerprint density at radius 2 is 1.68 bits per heavy atom. The Labute approximate surface area is 228 Å². The number of hydrogen-bond donors (Lipinski definition) is 3. The minimum atomic E-state index is -0.262. The maximum Gasteiger partial charge on any atom is 0.255 e. The van der Waals surface area contributed by atoms with Gasteiger partial charge in [-0.3, -0.25) is 9.59 Å². The van der Waals surface area contributed by atoms with Gasteiger partial charge in [-0.2, -0.15) is 9.61 Å². The molecule has 0 unspecified atom stereocenters. The van der Waals surface area contributed by atoms with Crippen LogP contribution in [-0.4, -0.2) is 26.4 Å². The van der Waals surface area contributed by atoms with Gasteiger partial charge in [0.25, 0.3) is 5.91 Å². The van der Waals surface area contributed by atoms with E-state index in [0.717, 1.165) is 38.3 Å². The topological polar surface area (TPSA) is 100 Å². The summed E-state index contributed by atoms with van der Waals surface area (Å²) in [5.74, 6) is 0.341. The minimum absolute atomic E-state index is 0.192. The van der Waals surface area contributed by atoms with Gasteiger partial charge in [0.1, 0.15) is 5.82 Å². The summed E-state index contributed by atoms with van der Waals surface area (Å²) in [6, 6.07) is 24.6. The van der Waals surface area contributed by atoms with Crippen molar-refractivity contribution in [2.45, 2.75) is 20.4 Å². The van der Waals surface area contributed by atoms with Crippen LogP contribution in [0, 0.1) is 6.92 Å². The normalized spacial score (nSPS) is 10.8. The molecule has 0 saturated carbocycles. The van der Waals surface area contributed by atoms with E-state index in [1.807, 2.05) is 42.5 Å². The van der Waals surface area contributed by atoms with E-state index in [9.17, 15) is 9.59 Å². The SMILES string of the molecule is CC(=O)Nc1cccc(C(=O)Nc2cccc(CNc3cc(-c4ccccc4C)nc4c(Br)cnn34)c2)c1. The maximum atomic E-state index is 12.8. The van der Waals surface area contributed by atoms with Crippen LogP contribution in [0.5, 0.6) is 0 Å². The third kappa shape index (κ3) is 5.57. The summed E-state index contributed by atoms with van der Waals surface area (Å²) in [5.41, 5.74) is 6.42. The van der Waals surface area contributed by atoms with Gasteiger partial charge in [-0.15, -0.1) is 0 Å². The summed E-state index contributed by atoms with van der Waals surface area (Å²) in [4.78, 5) is 29.0. The van der Waals surface area contributed by atoms with Gasteiger partial charge in [-0.25, -0.2) is 4.98 Å². The highest BCUT2D eigenvalue weighted by atomic mass is 79.9. The zero-order valence-electron chi connectivity index (χ0n) is 20.8. The molecular formula is C29H25BrN6O2. The standard InChI is InChI=1S/C29H25BrN6O2/c1-18-7-3-4-12-24(18)26-15-27(36-28(35-26)25(30)17-32-36)31-16-20-8-5-10-22(13-20)34-29(38)21-9-6-11-23(14-21)33-19(2)37/h3-15,17,31H,16H2,1-2H3,(H,33,37)(H,34,38). The molecule has 0 atom stereocenters. The molecule has 5 aromatic rings. The van der Waals surface area contributed by atoms with Crippen LogP contribution in [0.4, 0.5) is 17.2 Å². The number of aromatic nitrogens is 3. The molecule has 190 valence electrons. The molecule has 9 heteroatoms. The average Bonchev–Trinajstić information content (AvgIpc) is 3.28. The van der Waals surface area contributed by atoms with Gasteiger partial charge in [0, 0.05) is 42.0 Å². The van der Waals surface area contributed by atoms with Crippen LogP contribution >= 0.6 is 15.9 Å². The van der Waals surface area contributed by atoms with Crippen LogP contribution in [0.3, 0.4) is 0 Å². The van der Waals surface area contributed by atoms with Gasteiger partial charge < -0.3 is 16.0 Å². The molecule has 5 rings (SSSR count). The number of nitrogens with one attached hydrogen (secondary N) is 3. The molecule has 3 N–H and O–H groups in total. The summed E-state index contributed by atoms with van der Waals surface area (Å²) >= 11 is 3.56. The zero-order valence-corrected chi connectivity index (χ0v) is 22.4. The van der Waals surface area contributed by atoms with Crippen molar-refractivity contribution in [3.05, 3.63) is 106 Å². The summed E-state index contributed by atoms with van der Waals surface area (Å²) < 4.78 is 2.57. The van der Waals surface area contributed by atoms with E-state index in [1.165, 1.54) is 6.92 Å². The van der Waals surface area contributed by atoms with Crippen LogP contribution in [0.25, 0.3) is 16.9 Å². The zero-order chi connectivity index (χ0) is 26.6. The molecule has 2 aromatic heterocycles. The molecule has 2 amide bonds. The molecule has 0 saturated heterocycles. The maximum absolute atomic E-state index is 12.8. The van der Waals surface area contributed by atoms with E-state index >= 15 is 0 Å². The second-order valence-electron chi connectivity index (χ2n) is 8.84. The quantitative estimate of drug-likeness (QED) is 0.214. The van der Waals surface area contributed by atoms with E-state index in [1.54, 1.807) is 35.0 Å². The number of fused-ring (bicyclic) bond motifs is 1. The number of carbonyl (C=O) groups excluding carboxylic acids is 2. The molecule has 0 bridgehead atoms. The van der Waals surface area contributed by atoms with Gasteiger partial charge in [-0.1, -0.05) is 42.5 Å². The first-order valence-corrected chi connectivity index (χ1v) is 12.8. The van der Waals surface area contributed by atoms with E-state index in [0.29, 0.717) is 23.5 Å². The van der Waals surface area contributed by atoms with E-state index in [4.69, 9.17) is 4.98 Å². The molecule has 2 heterocycles. The lowest BCUT2D eigenvalue weighted by atomic mass is 10.1. The highest BCUT2D eigenvalue weighted by Crippen LogP contribution is 2.28. The first kappa shape index (κ1) is 25.2. The molecule has 0 fully saturated rings. The van der Waals surface area contributed by atoms with Crippen molar-refractivity contribution < 1.29 is 9.59 Å². The molecule has 3 aromatic carbocycles. The monoisotopic (exact) mass is 568 g/mol. The number of carbonyl (C=O) groups is 2. The smallest absolute Gasteiger partial charge is 0.255 e. The van der Waals surface area contributed by atoms with Crippen molar-refractivity contribution in [3.63, 3.8) is 0 Å². The fourth-order valence-electron chi connectivity index (χ4n) is 4.16.